The second kappa shape index (κ2) is 7.14. The van der Waals surface area contributed by atoms with E-state index in [1.807, 2.05) is 19.1 Å². The quantitative estimate of drug-likeness (QED) is 0.497. The third-order valence-corrected chi connectivity index (χ3v) is 4.89. The molecule has 27 heavy (non-hydrogen) atoms. The normalized spacial score (nSPS) is 14.3. The Hall–Kier alpha value is -2.69. The number of carbonyl (C=O) groups excluding carboxylic acids is 1. The van der Waals surface area contributed by atoms with E-state index in [0.29, 0.717) is 39.5 Å². The van der Waals surface area contributed by atoms with Crippen LogP contribution in [0.4, 0.5) is 0 Å². The zero-order valence-corrected chi connectivity index (χ0v) is 15.8. The summed E-state index contributed by atoms with van der Waals surface area (Å²) in [5.74, 6) is 1.69. The Kier molecular flexibility index (Phi) is 4.68. The molecule has 4 nitrogen and oxygen atoms in total. The maximum atomic E-state index is 12.6. The van der Waals surface area contributed by atoms with Gasteiger partial charge < -0.3 is 13.9 Å². The predicted molar refractivity (Wildman–Crippen MR) is 104 cm³/mol. The Morgan fingerprint density at radius 1 is 1.11 bits per heavy atom. The predicted octanol–water partition coefficient (Wildman–Crippen LogP) is 6.09. The molecule has 1 aliphatic rings. The van der Waals surface area contributed by atoms with Crippen molar-refractivity contribution >= 4 is 35.1 Å². The number of hydrogen-bond acceptors (Lipinski definition) is 4. The molecule has 0 atom stereocenters. The van der Waals surface area contributed by atoms with Gasteiger partial charge >= 0.3 is 0 Å². The van der Waals surface area contributed by atoms with Crippen LogP contribution < -0.4 is 9.47 Å². The molecule has 1 aromatic heterocycles. The van der Waals surface area contributed by atoms with Crippen LogP contribution in [0.2, 0.25) is 10.0 Å². The third-order valence-electron chi connectivity index (χ3n) is 4.15. The van der Waals surface area contributed by atoms with E-state index in [2.05, 4.69) is 0 Å². The van der Waals surface area contributed by atoms with Gasteiger partial charge in [0.2, 0.25) is 5.78 Å². The molecule has 3 aromatic rings. The van der Waals surface area contributed by atoms with E-state index < -0.39 is 0 Å². The molecule has 0 fully saturated rings. The van der Waals surface area contributed by atoms with Gasteiger partial charge in [0.05, 0.1) is 21.9 Å². The van der Waals surface area contributed by atoms with Crippen molar-refractivity contribution in [3.05, 3.63) is 87.0 Å². The molecule has 2 aromatic carbocycles. The first-order valence-electron chi connectivity index (χ1n) is 8.20. The van der Waals surface area contributed by atoms with Gasteiger partial charge in [0, 0.05) is 12.1 Å². The van der Waals surface area contributed by atoms with Crippen LogP contribution in [0.25, 0.3) is 6.08 Å². The fraction of sp³-hybridized carbons (Fsp3) is 0.0952. The summed E-state index contributed by atoms with van der Waals surface area (Å²) in [6.45, 7) is 2.17. The van der Waals surface area contributed by atoms with Crippen molar-refractivity contribution in [3.8, 4) is 11.5 Å². The summed E-state index contributed by atoms with van der Waals surface area (Å²) in [6.07, 6.45) is 3.12. The van der Waals surface area contributed by atoms with Crippen LogP contribution in [0.15, 0.2) is 58.9 Å². The monoisotopic (exact) mass is 400 g/mol. The van der Waals surface area contributed by atoms with Gasteiger partial charge in [-0.05, 0) is 48.4 Å². The maximum absolute atomic E-state index is 12.6. The number of furan rings is 1. The van der Waals surface area contributed by atoms with Crippen molar-refractivity contribution in [2.75, 3.05) is 0 Å². The molecular weight excluding hydrogens is 387 g/mol. The summed E-state index contributed by atoms with van der Waals surface area (Å²) in [5.41, 5.74) is 2.21. The molecule has 0 saturated carbocycles. The average molecular weight is 401 g/mol. The first-order valence-corrected chi connectivity index (χ1v) is 8.96. The van der Waals surface area contributed by atoms with Gasteiger partial charge in [-0.3, -0.25) is 4.79 Å². The summed E-state index contributed by atoms with van der Waals surface area (Å²) in [7, 11) is 0. The van der Waals surface area contributed by atoms with Crippen molar-refractivity contribution in [3.63, 3.8) is 0 Å². The molecule has 6 heteroatoms. The molecule has 4 rings (SSSR count). The highest BCUT2D eigenvalue weighted by Gasteiger charge is 2.30. The van der Waals surface area contributed by atoms with E-state index in [0.717, 1.165) is 11.1 Å². The second-order valence-corrected chi connectivity index (χ2v) is 6.92. The highest BCUT2D eigenvalue weighted by molar-refractivity contribution is 6.42. The highest BCUT2D eigenvalue weighted by atomic mass is 35.5. The van der Waals surface area contributed by atoms with E-state index in [1.165, 1.54) is 0 Å². The number of allylic oxidation sites excluding steroid dienone is 1. The van der Waals surface area contributed by atoms with Crippen molar-refractivity contribution < 1.29 is 18.7 Å². The summed E-state index contributed by atoms with van der Waals surface area (Å²) in [4.78, 5) is 12.6. The largest absolute Gasteiger partial charge is 0.489 e. The van der Waals surface area contributed by atoms with E-state index >= 15 is 0 Å². The van der Waals surface area contributed by atoms with Gasteiger partial charge in [0.25, 0.3) is 0 Å². The third kappa shape index (κ3) is 3.59. The fourth-order valence-corrected chi connectivity index (χ4v) is 3.18. The topological polar surface area (TPSA) is 48.7 Å². The van der Waals surface area contributed by atoms with Gasteiger partial charge in [-0.15, -0.1) is 0 Å². The first kappa shape index (κ1) is 17.7. The van der Waals surface area contributed by atoms with Crippen LogP contribution >= 0.6 is 23.2 Å². The second-order valence-electron chi connectivity index (χ2n) is 6.11. The van der Waals surface area contributed by atoms with Gasteiger partial charge in [0.15, 0.2) is 5.76 Å². The Balaban J connectivity index is 1.56. The molecule has 0 amide bonds. The van der Waals surface area contributed by atoms with Crippen LogP contribution in [0.3, 0.4) is 0 Å². The number of carbonyl (C=O) groups is 1. The summed E-state index contributed by atoms with van der Waals surface area (Å²) < 4.78 is 16.8. The number of aryl methyl sites for hydroxylation is 1. The fourth-order valence-electron chi connectivity index (χ4n) is 2.86. The molecular formula is C21H14Cl2O4. The molecule has 0 spiro atoms. The molecule has 0 unspecified atom stereocenters. The van der Waals surface area contributed by atoms with E-state index in [-0.39, 0.29) is 11.5 Å². The summed E-state index contributed by atoms with van der Waals surface area (Å²) in [6, 6.07) is 12.4. The zero-order valence-electron chi connectivity index (χ0n) is 14.3. The minimum Gasteiger partial charge on any atom is -0.489 e. The molecule has 0 bridgehead atoms. The van der Waals surface area contributed by atoms with Crippen LogP contribution in [0.5, 0.6) is 11.5 Å². The van der Waals surface area contributed by atoms with Gasteiger partial charge in [-0.2, -0.15) is 0 Å². The maximum Gasteiger partial charge on any atom is 0.232 e. The molecule has 2 heterocycles. The van der Waals surface area contributed by atoms with Crippen LogP contribution in [0, 0.1) is 6.92 Å². The Bertz CT molecular complexity index is 1050. The number of ether oxygens (including phenoxy) is 2. The van der Waals surface area contributed by atoms with Crippen LogP contribution in [0.1, 0.15) is 27.2 Å². The average Bonchev–Trinajstić information content (AvgIpc) is 3.25. The number of ketones is 1. The number of halogens is 2. The Labute approximate surface area is 165 Å². The van der Waals surface area contributed by atoms with Crippen LogP contribution in [-0.2, 0) is 6.61 Å². The van der Waals surface area contributed by atoms with Gasteiger partial charge in [-0.25, -0.2) is 0 Å². The van der Waals surface area contributed by atoms with Crippen molar-refractivity contribution in [1.82, 2.24) is 0 Å². The summed E-state index contributed by atoms with van der Waals surface area (Å²) in [5, 5.41) is 0.973. The minimum atomic E-state index is -0.171. The lowest BCUT2D eigenvalue weighted by atomic mass is 10.0. The molecule has 0 N–H and O–H groups in total. The highest BCUT2D eigenvalue weighted by Crippen LogP contribution is 2.37. The lowest BCUT2D eigenvalue weighted by Crippen LogP contribution is -2.00. The Morgan fingerprint density at radius 3 is 2.70 bits per heavy atom. The number of rotatable bonds is 4. The van der Waals surface area contributed by atoms with E-state index in [9.17, 15) is 4.79 Å². The molecule has 0 aliphatic carbocycles. The van der Waals surface area contributed by atoms with Crippen molar-refractivity contribution in [2.24, 2.45) is 0 Å². The lowest BCUT2D eigenvalue weighted by molar-refractivity contribution is 0.101. The smallest absolute Gasteiger partial charge is 0.232 e. The summed E-state index contributed by atoms with van der Waals surface area (Å²) >= 11 is 12.0. The van der Waals surface area contributed by atoms with E-state index in [4.69, 9.17) is 37.1 Å². The minimum absolute atomic E-state index is 0.171. The van der Waals surface area contributed by atoms with E-state index in [1.54, 1.807) is 42.7 Å². The van der Waals surface area contributed by atoms with Crippen molar-refractivity contribution in [1.29, 1.82) is 0 Å². The number of hydrogen-bond donors (Lipinski definition) is 0. The standard InChI is InChI=1S/C21H14Cl2O4/c1-12-7-15(26-11-13-4-5-16(22)17(23)8-13)10-18-20(12)21(24)19(27-18)9-14-3-2-6-25-14/h2-10H,11H2,1H3/b19-9-. The number of Topliss-reactive ketones (excluding diaryl/α,β-unsaturated/α-hetero) is 1. The number of fused-ring (bicyclic) bond motifs is 1. The van der Waals surface area contributed by atoms with Gasteiger partial charge in [-0.1, -0.05) is 29.3 Å². The number of benzene rings is 2. The van der Waals surface area contributed by atoms with Crippen molar-refractivity contribution in [2.45, 2.75) is 13.5 Å². The molecule has 136 valence electrons. The van der Waals surface area contributed by atoms with Gasteiger partial charge in [0.1, 0.15) is 23.9 Å². The first-order chi connectivity index (χ1) is 13.0. The van der Waals surface area contributed by atoms with Crippen LogP contribution in [-0.4, -0.2) is 5.78 Å². The lowest BCUT2D eigenvalue weighted by Gasteiger charge is -2.10. The molecule has 1 aliphatic heterocycles. The molecule has 0 radical (unpaired) electrons. The Morgan fingerprint density at radius 2 is 1.96 bits per heavy atom. The zero-order chi connectivity index (χ0) is 19.0. The molecule has 0 saturated heterocycles. The SMILES string of the molecule is Cc1cc(OCc2ccc(Cl)c(Cl)c2)cc2c1C(=O)/C(=C/c1ccco1)O2.